The Labute approximate surface area is 86.7 Å². The Hall–Kier alpha value is -1.25. The van der Waals surface area contributed by atoms with Crippen molar-refractivity contribution in [1.29, 1.82) is 0 Å². The van der Waals surface area contributed by atoms with Crippen molar-refractivity contribution >= 4 is 17.0 Å². The van der Waals surface area contributed by atoms with Crippen molar-refractivity contribution in [1.82, 2.24) is 19.6 Å². The second-order valence-corrected chi connectivity index (χ2v) is 2.24. The molecule has 2 N–H and O–H groups in total. The fraction of sp³-hybridized carbons (Fsp3) is 0.167. The number of hydrogen-bond acceptors (Lipinski definition) is 4. The van der Waals surface area contributed by atoms with Gasteiger partial charge in [0.1, 0.15) is 11.8 Å². The van der Waals surface area contributed by atoms with Gasteiger partial charge in [-0.2, -0.15) is 0 Å². The van der Waals surface area contributed by atoms with Crippen molar-refractivity contribution < 1.29 is 18.9 Å². The van der Waals surface area contributed by atoms with E-state index in [0.717, 1.165) is 0 Å². The summed E-state index contributed by atoms with van der Waals surface area (Å²) in [5.74, 6) is 6.08. The number of hydrogen-bond donors (Lipinski definition) is 1. The molecule has 2 rings (SSSR count). The van der Waals surface area contributed by atoms with E-state index in [1.165, 1.54) is 17.3 Å². The van der Waals surface area contributed by atoms with Gasteiger partial charge >= 0.3 is 18.9 Å². The minimum absolute atomic E-state index is 0. The summed E-state index contributed by atoms with van der Waals surface area (Å²) in [6, 6.07) is 0. The average molecular weight is 170 g/mol. The van der Waals surface area contributed by atoms with Crippen LogP contribution in [0.1, 0.15) is 0 Å². The molecule has 0 aliphatic heterocycles. The molecule has 0 bridgehead atoms. The van der Waals surface area contributed by atoms with Crippen LogP contribution in [0.2, 0.25) is 0 Å². The number of aromatic nitrogens is 4. The van der Waals surface area contributed by atoms with Crippen LogP contribution < -0.4 is 24.7 Å². The number of nitrogens with zero attached hydrogens (tertiary/aromatic N) is 5. The Morgan fingerprint density at radius 1 is 1.38 bits per heavy atom. The summed E-state index contributed by atoms with van der Waals surface area (Å²) in [7, 11) is 1.65. The van der Waals surface area contributed by atoms with Crippen LogP contribution in [0.5, 0.6) is 0 Å². The Bertz CT molecular complexity index is 410. The van der Waals surface area contributed by atoms with E-state index in [-0.39, 0.29) is 18.9 Å². The van der Waals surface area contributed by atoms with Crippen LogP contribution in [-0.4, -0.2) is 26.7 Å². The van der Waals surface area contributed by atoms with Gasteiger partial charge in [-0.1, -0.05) is 7.05 Å². The molecule has 0 aliphatic rings. The van der Waals surface area contributed by atoms with Crippen molar-refractivity contribution in [3.8, 4) is 0 Å². The zero-order valence-electron chi connectivity index (χ0n) is 7.47. The fourth-order valence-electron chi connectivity index (χ4n) is 1.00. The molecule has 0 fully saturated rings. The largest absolute Gasteiger partial charge is 1.00 e. The van der Waals surface area contributed by atoms with E-state index in [4.69, 9.17) is 5.84 Å². The van der Waals surface area contributed by atoms with Gasteiger partial charge in [0.25, 0.3) is 0 Å². The molecule has 13 heavy (non-hydrogen) atoms. The third-order valence-corrected chi connectivity index (χ3v) is 1.55. The molecule has 0 spiro atoms. The number of rotatable bonds is 1. The maximum atomic E-state index is 5.52. The standard InChI is InChI=1S/C6H7N6.Li/c1-8-5-4-6(10-2-9-5)12(7)3-11-4;/h2-3H,7H2,1H3;/q-1;+1. The number of imidazole rings is 1. The third-order valence-electron chi connectivity index (χ3n) is 1.55. The van der Waals surface area contributed by atoms with Crippen LogP contribution in [0, 0.1) is 0 Å². The van der Waals surface area contributed by atoms with Crippen molar-refractivity contribution in [2.75, 3.05) is 12.9 Å². The van der Waals surface area contributed by atoms with Crippen LogP contribution >= 0.6 is 0 Å². The fourth-order valence-corrected chi connectivity index (χ4v) is 1.00. The summed E-state index contributed by atoms with van der Waals surface area (Å²) < 4.78 is 1.34. The molecular formula is C6H7LiN6. The smallest absolute Gasteiger partial charge is 0.467 e. The summed E-state index contributed by atoms with van der Waals surface area (Å²) in [6.07, 6.45) is 2.89. The Balaban J connectivity index is 0.000000845. The van der Waals surface area contributed by atoms with Gasteiger partial charge in [0.15, 0.2) is 5.65 Å². The molecule has 0 saturated heterocycles. The zero-order valence-corrected chi connectivity index (χ0v) is 7.47. The van der Waals surface area contributed by atoms with Gasteiger partial charge < -0.3 is 16.1 Å². The number of nitrogens with two attached hydrogens (primary N) is 1. The quantitative estimate of drug-likeness (QED) is 0.369. The molecule has 6 nitrogen and oxygen atoms in total. The average Bonchev–Trinajstić information content (AvgIpc) is 2.48. The maximum absolute atomic E-state index is 5.52. The Morgan fingerprint density at radius 3 is 2.85 bits per heavy atom. The Kier molecular flexibility index (Phi) is 2.75. The van der Waals surface area contributed by atoms with Gasteiger partial charge in [-0.15, -0.1) is 0 Å². The van der Waals surface area contributed by atoms with Crippen LogP contribution in [-0.2, 0) is 0 Å². The summed E-state index contributed by atoms with van der Waals surface area (Å²) in [5.41, 5.74) is 1.22. The molecule has 0 amide bonds. The van der Waals surface area contributed by atoms with E-state index in [9.17, 15) is 0 Å². The molecule has 2 aromatic rings. The van der Waals surface area contributed by atoms with Gasteiger partial charge in [-0.05, 0) is 5.82 Å². The second kappa shape index (κ2) is 3.64. The molecule has 2 heterocycles. The molecule has 62 valence electrons. The van der Waals surface area contributed by atoms with Gasteiger partial charge in [0, 0.05) is 6.33 Å². The van der Waals surface area contributed by atoms with Gasteiger partial charge in [-0.3, -0.25) is 0 Å². The molecule has 0 aromatic carbocycles. The van der Waals surface area contributed by atoms with E-state index in [1.807, 2.05) is 0 Å². The van der Waals surface area contributed by atoms with Crippen LogP contribution in [0.4, 0.5) is 5.82 Å². The van der Waals surface area contributed by atoms with Gasteiger partial charge in [-0.25, -0.2) is 14.6 Å². The van der Waals surface area contributed by atoms with E-state index >= 15 is 0 Å². The molecule has 0 saturated carbocycles. The number of nitrogen functional groups attached to an aromatic ring is 1. The van der Waals surface area contributed by atoms with Crippen molar-refractivity contribution in [3.05, 3.63) is 18.0 Å². The van der Waals surface area contributed by atoms with Gasteiger partial charge in [0.05, 0.1) is 0 Å². The van der Waals surface area contributed by atoms with E-state index in [2.05, 4.69) is 20.3 Å². The van der Waals surface area contributed by atoms with Crippen LogP contribution in [0.25, 0.3) is 16.5 Å². The Morgan fingerprint density at radius 2 is 2.15 bits per heavy atom. The first-order valence-electron chi connectivity index (χ1n) is 3.36. The van der Waals surface area contributed by atoms with Crippen molar-refractivity contribution in [3.63, 3.8) is 0 Å². The first-order valence-corrected chi connectivity index (χ1v) is 3.36. The second-order valence-electron chi connectivity index (χ2n) is 2.24. The molecule has 0 aliphatic carbocycles. The van der Waals surface area contributed by atoms with Crippen molar-refractivity contribution in [2.45, 2.75) is 0 Å². The zero-order chi connectivity index (χ0) is 8.55. The summed E-state index contributed by atoms with van der Waals surface area (Å²) in [5, 5.41) is 3.93. The van der Waals surface area contributed by atoms with E-state index in [0.29, 0.717) is 17.0 Å². The molecule has 0 unspecified atom stereocenters. The molecule has 2 aromatic heterocycles. The van der Waals surface area contributed by atoms with Crippen LogP contribution in [0.3, 0.4) is 0 Å². The summed E-state index contributed by atoms with van der Waals surface area (Å²) in [4.78, 5) is 11.9. The van der Waals surface area contributed by atoms with Crippen LogP contribution in [0.15, 0.2) is 12.7 Å². The first kappa shape index (κ1) is 9.83. The summed E-state index contributed by atoms with van der Waals surface area (Å²) in [6.45, 7) is 0. The maximum Gasteiger partial charge on any atom is 1.00 e. The van der Waals surface area contributed by atoms with Crippen molar-refractivity contribution in [2.24, 2.45) is 0 Å². The SMILES string of the molecule is C[N-]c1ncnc2c1ncn2N.[Li+]. The van der Waals surface area contributed by atoms with Gasteiger partial charge in [0.2, 0.25) is 0 Å². The molecular weight excluding hydrogens is 163 g/mol. The molecule has 7 heteroatoms. The third kappa shape index (κ3) is 1.46. The molecule has 0 atom stereocenters. The van der Waals surface area contributed by atoms with E-state index < -0.39 is 0 Å². The summed E-state index contributed by atoms with van der Waals surface area (Å²) >= 11 is 0. The normalized spacial score (nSPS) is 9.62. The minimum Gasteiger partial charge on any atom is -0.467 e. The molecule has 0 radical (unpaired) electrons. The predicted octanol–water partition coefficient (Wildman–Crippen LogP) is -2.82. The predicted molar refractivity (Wildman–Crippen MR) is 44.4 cm³/mol. The first-order chi connectivity index (χ1) is 5.83. The monoisotopic (exact) mass is 170 g/mol. The number of fused-ring (bicyclic) bond motifs is 1. The topological polar surface area (TPSA) is 83.7 Å². The minimum atomic E-state index is 0. The van der Waals surface area contributed by atoms with E-state index in [1.54, 1.807) is 7.05 Å².